The van der Waals surface area contributed by atoms with E-state index in [9.17, 15) is 14.7 Å². The first-order chi connectivity index (χ1) is 6.27. The normalized spacial score (nSPS) is 28.6. The van der Waals surface area contributed by atoms with Gasteiger partial charge >= 0.3 is 0 Å². The number of carbonyl (C=O) groups excluding carboxylic acids is 2. The van der Waals surface area contributed by atoms with E-state index in [1.165, 1.54) is 6.92 Å². The number of hydrogen-bond donors (Lipinski definition) is 1. The molecule has 1 rings (SSSR count). The molecule has 78 valence electrons. The van der Waals surface area contributed by atoms with Gasteiger partial charge in [-0.25, -0.2) is 0 Å². The van der Waals surface area contributed by atoms with Gasteiger partial charge in [-0.1, -0.05) is 6.08 Å². The summed E-state index contributed by atoms with van der Waals surface area (Å²) in [6.07, 6.45) is 0.772. The van der Waals surface area contributed by atoms with E-state index < -0.39 is 17.4 Å². The first-order valence-corrected chi connectivity index (χ1v) is 4.73. The number of rotatable bonds is 1. The van der Waals surface area contributed by atoms with Crippen LogP contribution in [0.5, 0.6) is 0 Å². The summed E-state index contributed by atoms with van der Waals surface area (Å²) in [6.45, 7) is 6.70. The summed E-state index contributed by atoms with van der Waals surface area (Å²) in [7, 11) is 0. The summed E-state index contributed by atoms with van der Waals surface area (Å²) in [5.74, 6) is -1.32. The maximum atomic E-state index is 11.8. The smallest absolute Gasteiger partial charge is 0.171 e. The summed E-state index contributed by atoms with van der Waals surface area (Å²) in [5, 5.41) is 9.40. The summed E-state index contributed by atoms with van der Waals surface area (Å²) in [5.41, 5.74) is -0.0693. The molecule has 0 amide bonds. The molecule has 0 bridgehead atoms. The van der Waals surface area contributed by atoms with Crippen molar-refractivity contribution in [1.82, 2.24) is 0 Å². The second-order valence-corrected chi connectivity index (χ2v) is 4.50. The monoisotopic (exact) mass is 196 g/mol. The van der Waals surface area contributed by atoms with Gasteiger partial charge < -0.3 is 5.11 Å². The lowest BCUT2D eigenvalue weighted by Crippen LogP contribution is -2.44. The number of Topliss-reactive ketones (excluding diaryl/α,β-unsaturated/α-hetero) is 2. The number of hydrogen-bond acceptors (Lipinski definition) is 3. The van der Waals surface area contributed by atoms with Crippen molar-refractivity contribution < 1.29 is 14.7 Å². The minimum atomic E-state index is -0.905. The molecule has 2 atom stereocenters. The summed E-state index contributed by atoms with van der Waals surface area (Å²) in [4.78, 5) is 23.4. The third-order valence-electron chi connectivity index (χ3n) is 2.65. The number of ketones is 2. The highest BCUT2D eigenvalue weighted by Crippen LogP contribution is 2.33. The first-order valence-electron chi connectivity index (χ1n) is 4.73. The SMILES string of the molecule is CC1=CC(C)(C)C(=O)C(C(C)O)C1=O. The molecule has 3 heteroatoms. The molecule has 3 nitrogen and oxygen atoms in total. The molecule has 0 spiro atoms. The lowest BCUT2D eigenvalue weighted by molar-refractivity contribution is -0.140. The van der Waals surface area contributed by atoms with Gasteiger partial charge in [0.25, 0.3) is 0 Å². The van der Waals surface area contributed by atoms with Crippen molar-refractivity contribution in [3.05, 3.63) is 11.6 Å². The van der Waals surface area contributed by atoms with E-state index in [4.69, 9.17) is 0 Å². The molecule has 1 aliphatic carbocycles. The Kier molecular flexibility index (Phi) is 2.63. The topological polar surface area (TPSA) is 54.4 Å². The van der Waals surface area contributed by atoms with Crippen molar-refractivity contribution in [3.8, 4) is 0 Å². The van der Waals surface area contributed by atoms with Crippen LogP contribution in [0.15, 0.2) is 11.6 Å². The van der Waals surface area contributed by atoms with Crippen LogP contribution in [0, 0.1) is 11.3 Å². The van der Waals surface area contributed by atoms with E-state index in [0.717, 1.165) is 0 Å². The average molecular weight is 196 g/mol. The maximum absolute atomic E-state index is 11.8. The molecule has 0 aromatic rings. The predicted octanol–water partition coefficient (Wildman–Crippen LogP) is 1.11. The second-order valence-electron chi connectivity index (χ2n) is 4.50. The van der Waals surface area contributed by atoms with E-state index in [1.807, 2.05) is 0 Å². The number of allylic oxidation sites excluding steroid dienone is 2. The van der Waals surface area contributed by atoms with Crippen molar-refractivity contribution >= 4 is 11.6 Å². The Balaban J connectivity index is 3.19. The molecule has 2 unspecified atom stereocenters. The molecule has 0 fully saturated rings. The van der Waals surface area contributed by atoms with Crippen LogP contribution in [-0.4, -0.2) is 22.8 Å². The second kappa shape index (κ2) is 3.31. The van der Waals surface area contributed by atoms with Gasteiger partial charge in [0.15, 0.2) is 11.6 Å². The van der Waals surface area contributed by atoms with Gasteiger partial charge in [0.2, 0.25) is 0 Å². The fraction of sp³-hybridized carbons (Fsp3) is 0.636. The molecular formula is C11H16O3. The lowest BCUT2D eigenvalue weighted by Gasteiger charge is -2.31. The van der Waals surface area contributed by atoms with Crippen LogP contribution >= 0.6 is 0 Å². The minimum absolute atomic E-state index is 0.192. The van der Waals surface area contributed by atoms with Gasteiger partial charge in [-0.3, -0.25) is 9.59 Å². The fourth-order valence-corrected chi connectivity index (χ4v) is 1.89. The van der Waals surface area contributed by atoms with E-state index in [-0.39, 0.29) is 11.6 Å². The molecule has 0 aliphatic heterocycles. The van der Waals surface area contributed by atoms with E-state index in [2.05, 4.69) is 0 Å². The Morgan fingerprint density at radius 2 is 1.93 bits per heavy atom. The van der Waals surface area contributed by atoms with E-state index >= 15 is 0 Å². The van der Waals surface area contributed by atoms with E-state index in [1.54, 1.807) is 26.8 Å². The molecule has 0 heterocycles. The Hall–Kier alpha value is -0.960. The Morgan fingerprint density at radius 3 is 2.36 bits per heavy atom. The van der Waals surface area contributed by atoms with Crippen LogP contribution in [0.1, 0.15) is 27.7 Å². The van der Waals surface area contributed by atoms with Gasteiger partial charge in [-0.05, 0) is 33.3 Å². The highest BCUT2D eigenvalue weighted by molar-refractivity contribution is 6.15. The number of aliphatic hydroxyl groups is 1. The molecule has 0 aromatic carbocycles. The molecule has 0 saturated carbocycles. The summed E-state index contributed by atoms with van der Waals surface area (Å²) in [6, 6.07) is 0. The minimum Gasteiger partial charge on any atom is -0.392 e. The van der Waals surface area contributed by atoms with Crippen molar-refractivity contribution in [1.29, 1.82) is 0 Å². The van der Waals surface area contributed by atoms with Crippen molar-refractivity contribution in [2.24, 2.45) is 11.3 Å². The Labute approximate surface area is 83.8 Å². The van der Waals surface area contributed by atoms with Crippen molar-refractivity contribution in [2.75, 3.05) is 0 Å². The zero-order valence-electron chi connectivity index (χ0n) is 9.00. The fourth-order valence-electron chi connectivity index (χ4n) is 1.89. The highest BCUT2D eigenvalue weighted by atomic mass is 16.3. The molecule has 0 aromatic heterocycles. The predicted molar refractivity (Wildman–Crippen MR) is 52.7 cm³/mol. The standard InChI is InChI=1S/C11H16O3/c1-6-5-11(3,4)10(14)8(7(2)12)9(6)13/h5,7-8,12H,1-4H3. The zero-order chi connectivity index (χ0) is 11.1. The van der Waals surface area contributed by atoms with Crippen LogP contribution < -0.4 is 0 Å². The first kappa shape index (κ1) is 11.1. The summed E-state index contributed by atoms with van der Waals surface area (Å²) < 4.78 is 0. The summed E-state index contributed by atoms with van der Waals surface area (Å²) >= 11 is 0. The molecule has 14 heavy (non-hydrogen) atoms. The third kappa shape index (κ3) is 1.64. The molecule has 0 saturated heterocycles. The molecular weight excluding hydrogens is 180 g/mol. The van der Waals surface area contributed by atoms with Gasteiger partial charge in [0.05, 0.1) is 6.10 Å². The van der Waals surface area contributed by atoms with Gasteiger partial charge in [-0.15, -0.1) is 0 Å². The molecule has 1 aliphatic rings. The van der Waals surface area contributed by atoms with Crippen molar-refractivity contribution in [3.63, 3.8) is 0 Å². The van der Waals surface area contributed by atoms with Crippen molar-refractivity contribution in [2.45, 2.75) is 33.8 Å². The van der Waals surface area contributed by atoms with Gasteiger partial charge in [-0.2, -0.15) is 0 Å². The Bertz CT molecular complexity index is 310. The van der Waals surface area contributed by atoms with Gasteiger partial charge in [0, 0.05) is 5.41 Å². The largest absolute Gasteiger partial charge is 0.392 e. The van der Waals surface area contributed by atoms with E-state index in [0.29, 0.717) is 5.57 Å². The van der Waals surface area contributed by atoms with Crippen LogP contribution in [-0.2, 0) is 9.59 Å². The van der Waals surface area contributed by atoms with Crippen LogP contribution in [0.4, 0.5) is 0 Å². The quantitative estimate of drug-likeness (QED) is 0.639. The van der Waals surface area contributed by atoms with Gasteiger partial charge in [0.1, 0.15) is 5.92 Å². The highest BCUT2D eigenvalue weighted by Gasteiger charge is 2.43. The third-order valence-corrected chi connectivity index (χ3v) is 2.65. The number of carbonyl (C=O) groups is 2. The average Bonchev–Trinajstić information content (AvgIpc) is 2.00. The van der Waals surface area contributed by atoms with Crippen LogP contribution in [0.2, 0.25) is 0 Å². The zero-order valence-corrected chi connectivity index (χ0v) is 9.00. The maximum Gasteiger partial charge on any atom is 0.171 e. The van der Waals surface area contributed by atoms with Crippen LogP contribution in [0.25, 0.3) is 0 Å². The molecule has 0 radical (unpaired) electrons. The molecule has 1 N–H and O–H groups in total. The lowest BCUT2D eigenvalue weighted by atomic mass is 9.71. The number of aliphatic hydroxyl groups excluding tert-OH is 1. The van der Waals surface area contributed by atoms with Crippen LogP contribution in [0.3, 0.4) is 0 Å². The Morgan fingerprint density at radius 1 is 1.43 bits per heavy atom.